The average Bonchev–Trinajstić information content (AvgIpc) is 3.57. The summed E-state index contributed by atoms with van der Waals surface area (Å²) in [5.41, 5.74) is 4.52. The minimum atomic E-state index is -3.31. The molecule has 2 aromatic carbocycles. The third-order valence-corrected chi connectivity index (χ3v) is 5.68. The molecule has 2 N–H and O–H groups in total. The van der Waals surface area contributed by atoms with Crippen molar-refractivity contribution in [2.45, 2.75) is 18.8 Å². The SMILES string of the molecule is COc1c(/C=C/c2ccc(NS(C)(=O)=O)cc2)cc(-c2ccn[nH]c2=O)cc1C1CC1. The first-order valence-electron chi connectivity index (χ1n) is 9.86. The molecular formula is C23H23N3O4S. The van der Waals surface area contributed by atoms with Gasteiger partial charge < -0.3 is 4.74 Å². The Morgan fingerprint density at radius 3 is 2.48 bits per heavy atom. The van der Waals surface area contributed by atoms with Crippen LogP contribution in [0, 0.1) is 0 Å². The maximum absolute atomic E-state index is 12.3. The molecule has 31 heavy (non-hydrogen) atoms. The highest BCUT2D eigenvalue weighted by Crippen LogP contribution is 2.47. The normalized spacial score (nSPS) is 14.0. The number of ether oxygens (including phenoxy) is 1. The Balaban J connectivity index is 1.71. The molecule has 0 radical (unpaired) electrons. The van der Waals surface area contributed by atoms with E-state index in [1.54, 1.807) is 31.5 Å². The topological polar surface area (TPSA) is 101 Å². The summed E-state index contributed by atoms with van der Waals surface area (Å²) in [5.74, 6) is 1.24. The third kappa shape index (κ3) is 5.03. The van der Waals surface area contributed by atoms with Gasteiger partial charge in [-0.25, -0.2) is 13.5 Å². The van der Waals surface area contributed by atoms with E-state index < -0.39 is 10.0 Å². The molecule has 1 heterocycles. The maximum Gasteiger partial charge on any atom is 0.272 e. The number of anilines is 1. The quantitative estimate of drug-likeness (QED) is 0.547. The largest absolute Gasteiger partial charge is 0.496 e. The van der Waals surface area contributed by atoms with E-state index in [0.29, 0.717) is 17.2 Å². The molecule has 0 amide bonds. The molecule has 0 bridgehead atoms. The highest BCUT2D eigenvalue weighted by Gasteiger charge is 2.28. The molecule has 1 saturated carbocycles. The predicted octanol–water partition coefficient (Wildman–Crippen LogP) is 3.86. The van der Waals surface area contributed by atoms with Gasteiger partial charge in [0.15, 0.2) is 0 Å². The summed E-state index contributed by atoms with van der Waals surface area (Å²) >= 11 is 0. The first-order chi connectivity index (χ1) is 14.8. The van der Waals surface area contributed by atoms with Crippen molar-refractivity contribution in [1.29, 1.82) is 0 Å². The summed E-state index contributed by atoms with van der Waals surface area (Å²) in [6, 6.07) is 12.8. The van der Waals surface area contributed by atoms with E-state index in [2.05, 4.69) is 14.9 Å². The summed E-state index contributed by atoms with van der Waals surface area (Å²) < 4.78 is 30.9. The average molecular weight is 438 g/mol. The number of aromatic nitrogens is 2. The monoisotopic (exact) mass is 437 g/mol. The van der Waals surface area contributed by atoms with Crippen LogP contribution in [0.3, 0.4) is 0 Å². The van der Waals surface area contributed by atoms with Crippen LogP contribution < -0.4 is 15.0 Å². The van der Waals surface area contributed by atoms with E-state index in [0.717, 1.165) is 47.1 Å². The molecule has 1 aromatic heterocycles. The first kappa shape index (κ1) is 20.9. The van der Waals surface area contributed by atoms with Gasteiger partial charge in [0.1, 0.15) is 5.75 Å². The van der Waals surface area contributed by atoms with Crippen LogP contribution in [0.1, 0.15) is 35.4 Å². The second-order valence-electron chi connectivity index (χ2n) is 7.59. The summed E-state index contributed by atoms with van der Waals surface area (Å²) in [7, 11) is -1.66. The van der Waals surface area contributed by atoms with Crippen molar-refractivity contribution < 1.29 is 13.2 Å². The second-order valence-corrected chi connectivity index (χ2v) is 9.34. The molecule has 1 aliphatic carbocycles. The molecule has 1 fully saturated rings. The molecule has 1 aliphatic rings. The van der Waals surface area contributed by atoms with Crippen LogP contribution in [0.5, 0.6) is 5.75 Å². The number of hydrogen-bond acceptors (Lipinski definition) is 5. The molecule has 3 aromatic rings. The van der Waals surface area contributed by atoms with Crippen molar-refractivity contribution in [2.75, 3.05) is 18.1 Å². The predicted molar refractivity (Wildman–Crippen MR) is 123 cm³/mol. The number of H-pyrrole nitrogens is 1. The van der Waals surface area contributed by atoms with Crippen molar-refractivity contribution in [3.63, 3.8) is 0 Å². The van der Waals surface area contributed by atoms with Gasteiger partial charge in [0.05, 0.1) is 18.9 Å². The highest BCUT2D eigenvalue weighted by atomic mass is 32.2. The molecule has 0 aliphatic heterocycles. The van der Waals surface area contributed by atoms with Gasteiger partial charge in [-0.2, -0.15) is 5.10 Å². The summed E-state index contributed by atoms with van der Waals surface area (Å²) in [6.45, 7) is 0. The fourth-order valence-electron chi connectivity index (χ4n) is 3.52. The van der Waals surface area contributed by atoms with Crippen LogP contribution in [0.15, 0.2) is 53.5 Å². The fraction of sp³-hybridized carbons (Fsp3) is 0.217. The van der Waals surface area contributed by atoms with Crippen LogP contribution in [-0.4, -0.2) is 32.0 Å². The minimum absolute atomic E-state index is 0.238. The lowest BCUT2D eigenvalue weighted by Gasteiger charge is -2.14. The standard InChI is InChI=1S/C23H23N3O4S/c1-30-22-17(6-3-15-4-9-19(10-5-15)26-31(2,28)29)13-18(14-21(22)16-7-8-16)20-11-12-24-25-23(20)27/h3-6,9-14,16,26H,7-8H2,1-2H3,(H,25,27)/b6-3+. The van der Waals surface area contributed by atoms with Crippen LogP contribution in [0.2, 0.25) is 0 Å². The zero-order chi connectivity index (χ0) is 22.0. The maximum atomic E-state index is 12.3. The van der Waals surface area contributed by atoms with E-state index in [4.69, 9.17) is 4.74 Å². The molecular weight excluding hydrogens is 414 g/mol. The van der Waals surface area contributed by atoms with Gasteiger partial charge in [0, 0.05) is 17.4 Å². The van der Waals surface area contributed by atoms with Crippen LogP contribution in [0.25, 0.3) is 23.3 Å². The Hall–Kier alpha value is -3.39. The highest BCUT2D eigenvalue weighted by molar-refractivity contribution is 7.92. The Morgan fingerprint density at radius 2 is 1.87 bits per heavy atom. The van der Waals surface area contributed by atoms with Crippen molar-refractivity contribution in [1.82, 2.24) is 10.2 Å². The van der Waals surface area contributed by atoms with Gasteiger partial charge in [-0.05, 0) is 65.8 Å². The molecule has 8 heteroatoms. The summed E-state index contributed by atoms with van der Waals surface area (Å²) in [6.07, 6.45) is 8.77. The number of rotatable bonds is 7. The van der Waals surface area contributed by atoms with E-state index in [-0.39, 0.29) is 5.56 Å². The lowest BCUT2D eigenvalue weighted by Crippen LogP contribution is -2.10. The molecule has 160 valence electrons. The van der Waals surface area contributed by atoms with Gasteiger partial charge in [0.2, 0.25) is 10.0 Å². The zero-order valence-electron chi connectivity index (χ0n) is 17.3. The van der Waals surface area contributed by atoms with Crippen molar-refractivity contribution in [3.8, 4) is 16.9 Å². The number of hydrogen-bond donors (Lipinski definition) is 2. The Bertz CT molecular complexity index is 1290. The van der Waals surface area contributed by atoms with E-state index in [1.165, 1.54) is 0 Å². The molecule has 4 rings (SSSR count). The van der Waals surface area contributed by atoms with Crippen LogP contribution >= 0.6 is 0 Å². The lowest BCUT2D eigenvalue weighted by atomic mass is 9.96. The van der Waals surface area contributed by atoms with Crippen molar-refractivity contribution >= 4 is 27.9 Å². The lowest BCUT2D eigenvalue weighted by molar-refractivity contribution is 0.409. The summed E-state index contributed by atoms with van der Waals surface area (Å²) in [5, 5.41) is 6.27. The molecule has 0 spiro atoms. The summed E-state index contributed by atoms with van der Waals surface area (Å²) in [4.78, 5) is 12.3. The van der Waals surface area contributed by atoms with Crippen molar-refractivity contribution in [3.05, 3.63) is 75.7 Å². The zero-order valence-corrected chi connectivity index (χ0v) is 18.1. The molecule has 0 atom stereocenters. The number of nitrogens with zero attached hydrogens (tertiary/aromatic N) is 1. The minimum Gasteiger partial charge on any atom is -0.496 e. The number of benzene rings is 2. The van der Waals surface area contributed by atoms with Gasteiger partial charge >= 0.3 is 0 Å². The van der Waals surface area contributed by atoms with Crippen LogP contribution in [0.4, 0.5) is 5.69 Å². The van der Waals surface area contributed by atoms with E-state index >= 15 is 0 Å². The molecule has 7 nitrogen and oxygen atoms in total. The Morgan fingerprint density at radius 1 is 1.13 bits per heavy atom. The molecule has 0 unspecified atom stereocenters. The van der Waals surface area contributed by atoms with E-state index in [1.807, 2.05) is 36.4 Å². The van der Waals surface area contributed by atoms with Crippen LogP contribution in [-0.2, 0) is 10.0 Å². The number of sulfonamides is 1. The van der Waals surface area contributed by atoms with Gasteiger partial charge in [-0.3, -0.25) is 9.52 Å². The van der Waals surface area contributed by atoms with Gasteiger partial charge in [-0.1, -0.05) is 24.3 Å². The van der Waals surface area contributed by atoms with E-state index in [9.17, 15) is 13.2 Å². The second kappa shape index (κ2) is 8.39. The third-order valence-electron chi connectivity index (χ3n) is 5.07. The number of nitrogens with one attached hydrogen (secondary N) is 2. The van der Waals surface area contributed by atoms with Gasteiger partial charge in [-0.15, -0.1) is 0 Å². The Kier molecular flexibility index (Phi) is 5.65. The fourth-order valence-corrected chi connectivity index (χ4v) is 4.08. The Labute approximate surface area is 180 Å². The smallest absolute Gasteiger partial charge is 0.272 e. The van der Waals surface area contributed by atoms with Gasteiger partial charge in [0.25, 0.3) is 5.56 Å². The van der Waals surface area contributed by atoms with Crippen molar-refractivity contribution in [2.24, 2.45) is 0 Å². The number of aromatic amines is 1. The first-order valence-corrected chi connectivity index (χ1v) is 11.7. The number of methoxy groups -OCH3 is 1. The molecule has 0 saturated heterocycles.